The van der Waals surface area contributed by atoms with Gasteiger partial charge in [0.05, 0.1) is 6.10 Å². The molecule has 3 heteroatoms. The molecule has 0 amide bonds. The molecule has 1 unspecified atom stereocenters. The van der Waals surface area contributed by atoms with Gasteiger partial charge < -0.3 is 15.3 Å². The fourth-order valence-electron chi connectivity index (χ4n) is 1.68. The highest BCUT2D eigenvalue weighted by Gasteiger charge is 2.08. The second kappa shape index (κ2) is 5.17. The Hall–Kier alpha value is -1.58. The lowest BCUT2D eigenvalue weighted by Crippen LogP contribution is -2.21. The summed E-state index contributed by atoms with van der Waals surface area (Å²) in [5.41, 5.74) is 7.63. The quantitative estimate of drug-likeness (QED) is 0.847. The van der Waals surface area contributed by atoms with Gasteiger partial charge in [-0.15, -0.1) is 0 Å². The fraction of sp³-hybridized carbons (Fsp3) is 0.286. The van der Waals surface area contributed by atoms with Crippen LogP contribution in [-0.4, -0.2) is 17.8 Å². The maximum absolute atomic E-state index is 9.44. The number of aliphatic hydroxyl groups is 1. The summed E-state index contributed by atoms with van der Waals surface area (Å²) in [4.78, 5) is 0. The van der Waals surface area contributed by atoms with E-state index in [0.717, 1.165) is 17.1 Å². The molecule has 1 aromatic carbocycles. The molecule has 0 saturated carbocycles. The van der Waals surface area contributed by atoms with Gasteiger partial charge in [-0.25, -0.2) is 0 Å². The third-order valence-electron chi connectivity index (χ3n) is 2.71. The average Bonchev–Trinajstić information content (AvgIpc) is 2.78. The molecule has 0 aliphatic rings. The van der Waals surface area contributed by atoms with E-state index in [0.29, 0.717) is 6.42 Å². The summed E-state index contributed by atoms with van der Waals surface area (Å²) in [5, 5.41) is 9.44. The number of hydrogen-bond donors (Lipinski definition) is 2. The maximum Gasteiger partial charge on any atom is 0.134 e. The zero-order valence-corrected chi connectivity index (χ0v) is 9.89. The molecule has 3 N–H and O–H groups in total. The van der Waals surface area contributed by atoms with Crippen molar-refractivity contribution in [1.82, 2.24) is 0 Å². The van der Waals surface area contributed by atoms with Crippen molar-refractivity contribution in [2.24, 2.45) is 5.73 Å². The molecule has 2 rings (SSSR count). The molecule has 1 heterocycles. The van der Waals surface area contributed by atoms with E-state index < -0.39 is 6.10 Å². The normalized spacial score (nSPS) is 12.6. The number of hydrogen-bond acceptors (Lipinski definition) is 3. The van der Waals surface area contributed by atoms with Crippen LogP contribution < -0.4 is 5.73 Å². The standard InChI is InChI=1S/C14H17NO2/c1-10-2-4-11(5-3-10)14-7-6-13(17-14)8-12(16)9-15/h2-7,12,16H,8-9,15H2,1H3. The van der Waals surface area contributed by atoms with Crippen LogP contribution in [-0.2, 0) is 6.42 Å². The lowest BCUT2D eigenvalue weighted by Gasteiger charge is -2.04. The fourth-order valence-corrected chi connectivity index (χ4v) is 1.68. The number of furan rings is 1. The molecule has 17 heavy (non-hydrogen) atoms. The first-order valence-electron chi connectivity index (χ1n) is 5.73. The molecule has 0 bridgehead atoms. The van der Waals surface area contributed by atoms with Crippen LogP contribution in [0.15, 0.2) is 40.8 Å². The smallest absolute Gasteiger partial charge is 0.134 e. The van der Waals surface area contributed by atoms with Crippen molar-refractivity contribution >= 4 is 0 Å². The van der Waals surface area contributed by atoms with Gasteiger partial charge in [-0.2, -0.15) is 0 Å². The number of benzene rings is 1. The molecule has 0 aliphatic heterocycles. The van der Waals surface area contributed by atoms with Gasteiger partial charge in [0.15, 0.2) is 0 Å². The second-order valence-corrected chi connectivity index (χ2v) is 4.23. The van der Waals surface area contributed by atoms with Gasteiger partial charge in [-0.1, -0.05) is 29.8 Å². The topological polar surface area (TPSA) is 59.4 Å². The van der Waals surface area contributed by atoms with Crippen LogP contribution in [0.5, 0.6) is 0 Å². The highest BCUT2D eigenvalue weighted by molar-refractivity contribution is 5.57. The summed E-state index contributed by atoms with van der Waals surface area (Å²) in [6.45, 7) is 2.30. The number of aryl methyl sites for hydroxylation is 1. The highest BCUT2D eigenvalue weighted by Crippen LogP contribution is 2.23. The Bertz CT molecular complexity index is 473. The summed E-state index contributed by atoms with van der Waals surface area (Å²) in [6.07, 6.45) is -0.0745. The Morgan fingerprint density at radius 3 is 2.53 bits per heavy atom. The summed E-state index contributed by atoms with van der Waals surface area (Å²) in [6, 6.07) is 11.9. The van der Waals surface area contributed by atoms with Gasteiger partial charge in [0.2, 0.25) is 0 Å². The predicted octanol–water partition coefficient (Wildman–Crippen LogP) is 2.12. The molecule has 0 aliphatic carbocycles. The van der Waals surface area contributed by atoms with Crippen molar-refractivity contribution in [3.8, 4) is 11.3 Å². The Labute approximate surface area is 101 Å². The zero-order chi connectivity index (χ0) is 12.3. The minimum atomic E-state index is -0.535. The Kier molecular flexibility index (Phi) is 3.61. The van der Waals surface area contributed by atoms with Gasteiger partial charge in [0.1, 0.15) is 11.5 Å². The Morgan fingerprint density at radius 1 is 1.18 bits per heavy atom. The van der Waals surface area contributed by atoms with E-state index in [-0.39, 0.29) is 6.54 Å². The lowest BCUT2D eigenvalue weighted by molar-refractivity contribution is 0.176. The van der Waals surface area contributed by atoms with Crippen molar-refractivity contribution in [1.29, 1.82) is 0 Å². The first-order chi connectivity index (χ1) is 8.19. The molecule has 0 fully saturated rings. The van der Waals surface area contributed by atoms with Crippen LogP contribution in [0.1, 0.15) is 11.3 Å². The monoisotopic (exact) mass is 231 g/mol. The van der Waals surface area contributed by atoms with Gasteiger partial charge in [-0.3, -0.25) is 0 Å². The van der Waals surface area contributed by atoms with E-state index in [9.17, 15) is 5.11 Å². The SMILES string of the molecule is Cc1ccc(-c2ccc(CC(O)CN)o2)cc1. The number of rotatable bonds is 4. The van der Waals surface area contributed by atoms with Crippen LogP contribution in [0.25, 0.3) is 11.3 Å². The molecular formula is C14H17NO2. The average molecular weight is 231 g/mol. The summed E-state index contributed by atoms with van der Waals surface area (Å²) in [5.74, 6) is 1.59. The summed E-state index contributed by atoms with van der Waals surface area (Å²) < 4.78 is 5.67. The van der Waals surface area contributed by atoms with Crippen molar-refractivity contribution in [3.63, 3.8) is 0 Å². The van der Waals surface area contributed by atoms with Crippen LogP contribution in [0, 0.1) is 6.92 Å². The van der Waals surface area contributed by atoms with Gasteiger partial charge in [-0.05, 0) is 19.1 Å². The third-order valence-corrected chi connectivity index (χ3v) is 2.71. The molecule has 1 atom stereocenters. The van der Waals surface area contributed by atoms with Crippen molar-refractivity contribution in [3.05, 3.63) is 47.7 Å². The van der Waals surface area contributed by atoms with Crippen molar-refractivity contribution in [2.45, 2.75) is 19.4 Å². The number of aliphatic hydroxyl groups excluding tert-OH is 1. The molecule has 1 aromatic heterocycles. The molecule has 0 saturated heterocycles. The number of nitrogens with two attached hydrogens (primary N) is 1. The zero-order valence-electron chi connectivity index (χ0n) is 9.89. The maximum atomic E-state index is 9.44. The predicted molar refractivity (Wildman–Crippen MR) is 67.6 cm³/mol. The van der Waals surface area contributed by atoms with Gasteiger partial charge in [0, 0.05) is 18.5 Å². The van der Waals surface area contributed by atoms with Crippen molar-refractivity contribution < 1.29 is 9.52 Å². The lowest BCUT2D eigenvalue weighted by atomic mass is 10.1. The molecule has 2 aromatic rings. The third kappa shape index (κ3) is 2.96. The summed E-state index contributed by atoms with van der Waals surface area (Å²) in [7, 11) is 0. The van der Waals surface area contributed by atoms with E-state index in [2.05, 4.69) is 6.92 Å². The van der Waals surface area contributed by atoms with E-state index in [1.807, 2.05) is 36.4 Å². The van der Waals surface area contributed by atoms with Crippen molar-refractivity contribution in [2.75, 3.05) is 6.54 Å². The first kappa shape index (κ1) is 11.9. The van der Waals surface area contributed by atoms with E-state index in [4.69, 9.17) is 10.2 Å². The van der Waals surface area contributed by atoms with Crippen LogP contribution in [0.2, 0.25) is 0 Å². The molecule has 3 nitrogen and oxygen atoms in total. The van der Waals surface area contributed by atoms with Crippen LogP contribution in [0.3, 0.4) is 0 Å². The highest BCUT2D eigenvalue weighted by atomic mass is 16.3. The Balaban J connectivity index is 2.15. The summed E-state index contributed by atoms with van der Waals surface area (Å²) >= 11 is 0. The largest absolute Gasteiger partial charge is 0.461 e. The Morgan fingerprint density at radius 2 is 1.88 bits per heavy atom. The van der Waals surface area contributed by atoms with E-state index in [1.54, 1.807) is 0 Å². The second-order valence-electron chi connectivity index (χ2n) is 4.23. The molecule has 0 spiro atoms. The van der Waals surface area contributed by atoms with Gasteiger partial charge >= 0.3 is 0 Å². The van der Waals surface area contributed by atoms with Crippen LogP contribution >= 0.6 is 0 Å². The molecule has 90 valence electrons. The van der Waals surface area contributed by atoms with Gasteiger partial charge in [0.25, 0.3) is 0 Å². The molecular weight excluding hydrogens is 214 g/mol. The van der Waals surface area contributed by atoms with E-state index in [1.165, 1.54) is 5.56 Å². The molecule has 0 radical (unpaired) electrons. The minimum absolute atomic E-state index is 0.251. The minimum Gasteiger partial charge on any atom is -0.461 e. The van der Waals surface area contributed by atoms with E-state index >= 15 is 0 Å². The van der Waals surface area contributed by atoms with Crippen LogP contribution in [0.4, 0.5) is 0 Å². The first-order valence-corrected chi connectivity index (χ1v) is 5.73.